The lowest BCUT2D eigenvalue weighted by molar-refractivity contribution is -0.111. The average Bonchev–Trinajstić information content (AvgIpc) is 2.62. The molecule has 1 saturated heterocycles. The van der Waals surface area contributed by atoms with Gasteiger partial charge in [0.05, 0.1) is 11.4 Å². The molecule has 2 heterocycles. The summed E-state index contributed by atoms with van der Waals surface area (Å²) in [4.78, 5) is 18.3. The molecule has 2 atom stereocenters. The maximum atomic E-state index is 10.2. The summed E-state index contributed by atoms with van der Waals surface area (Å²) in [7, 11) is 0. The monoisotopic (exact) mass is 355 g/mol. The van der Waals surface area contributed by atoms with Gasteiger partial charge < -0.3 is 11.1 Å². The Morgan fingerprint density at radius 1 is 1.42 bits per heavy atom. The van der Waals surface area contributed by atoms with Crippen LogP contribution in [0.2, 0.25) is 0 Å². The van der Waals surface area contributed by atoms with Crippen LogP contribution in [0.25, 0.3) is 11.3 Å². The molecule has 1 amide bonds. The SMILES string of the molecule is CC1CCCC(C)(NC=O)N1.CCc1cccc(-c2ccnc(N)n2)c1. The molecule has 6 heteroatoms. The van der Waals surface area contributed by atoms with Crippen LogP contribution in [0.4, 0.5) is 5.95 Å². The molecule has 2 aromatic rings. The molecule has 1 aliphatic heterocycles. The topological polar surface area (TPSA) is 92.9 Å². The van der Waals surface area contributed by atoms with Gasteiger partial charge in [-0.2, -0.15) is 0 Å². The maximum absolute atomic E-state index is 10.2. The average molecular weight is 355 g/mol. The van der Waals surface area contributed by atoms with Gasteiger partial charge in [0.1, 0.15) is 0 Å². The molecule has 140 valence electrons. The van der Waals surface area contributed by atoms with E-state index in [9.17, 15) is 4.79 Å². The second-order valence-electron chi connectivity index (χ2n) is 6.89. The molecule has 1 aliphatic rings. The number of benzene rings is 1. The van der Waals surface area contributed by atoms with Gasteiger partial charge in [0.2, 0.25) is 12.4 Å². The van der Waals surface area contributed by atoms with Crippen molar-refractivity contribution in [2.75, 3.05) is 5.73 Å². The van der Waals surface area contributed by atoms with Crippen molar-refractivity contribution in [3.05, 3.63) is 42.1 Å². The Balaban J connectivity index is 0.000000197. The third-order valence-corrected chi connectivity index (χ3v) is 4.56. The van der Waals surface area contributed by atoms with Crippen LogP contribution >= 0.6 is 0 Å². The predicted octanol–water partition coefficient (Wildman–Crippen LogP) is 2.90. The Hall–Kier alpha value is -2.47. The Morgan fingerprint density at radius 2 is 2.23 bits per heavy atom. The van der Waals surface area contributed by atoms with Crippen LogP contribution in [0, 0.1) is 0 Å². The van der Waals surface area contributed by atoms with Crippen molar-refractivity contribution in [3.8, 4) is 11.3 Å². The Morgan fingerprint density at radius 3 is 2.88 bits per heavy atom. The number of hydrogen-bond donors (Lipinski definition) is 3. The molecule has 0 spiro atoms. The Labute approximate surface area is 155 Å². The van der Waals surface area contributed by atoms with Crippen molar-refractivity contribution >= 4 is 12.4 Å². The molecule has 2 unspecified atom stereocenters. The quantitative estimate of drug-likeness (QED) is 0.733. The highest BCUT2D eigenvalue weighted by Gasteiger charge is 2.28. The molecular formula is C20H29N5O. The fourth-order valence-corrected chi connectivity index (χ4v) is 3.18. The lowest BCUT2D eigenvalue weighted by Crippen LogP contribution is -2.59. The van der Waals surface area contributed by atoms with E-state index >= 15 is 0 Å². The standard InChI is InChI=1S/C12H13N3.C8H16N2O/c1-2-9-4-3-5-10(8-9)11-6-7-14-12(13)15-11;1-7-4-3-5-8(2,10-7)9-6-11/h3-8H,2H2,1H3,(H2,13,14,15);6-7,10H,3-5H2,1-2H3,(H,9,11). The molecule has 0 radical (unpaired) electrons. The molecule has 1 aromatic heterocycles. The normalized spacial score (nSPS) is 22.0. The van der Waals surface area contributed by atoms with Gasteiger partial charge in [0.15, 0.2) is 0 Å². The summed E-state index contributed by atoms with van der Waals surface area (Å²) in [5.74, 6) is 0.314. The third-order valence-electron chi connectivity index (χ3n) is 4.56. The van der Waals surface area contributed by atoms with Gasteiger partial charge >= 0.3 is 0 Å². The van der Waals surface area contributed by atoms with Gasteiger partial charge in [-0.25, -0.2) is 9.97 Å². The number of nitrogens with two attached hydrogens (primary N) is 1. The summed E-state index contributed by atoms with van der Waals surface area (Å²) in [6.45, 7) is 6.30. The zero-order chi connectivity index (χ0) is 19.0. The largest absolute Gasteiger partial charge is 0.368 e. The second-order valence-corrected chi connectivity index (χ2v) is 6.89. The molecular weight excluding hydrogens is 326 g/mol. The van der Waals surface area contributed by atoms with Gasteiger partial charge in [-0.1, -0.05) is 25.1 Å². The first kappa shape index (κ1) is 19.8. The van der Waals surface area contributed by atoms with Crippen LogP contribution in [0.3, 0.4) is 0 Å². The maximum Gasteiger partial charge on any atom is 0.220 e. The van der Waals surface area contributed by atoms with Gasteiger partial charge in [-0.3, -0.25) is 10.1 Å². The minimum Gasteiger partial charge on any atom is -0.368 e. The number of nitrogens with one attached hydrogen (secondary N) is 2. The highest BCUT2D eigenvalue weighted by molar-refractivity contribution is 5.60. The van der Waals surface area contributed by atoms with Crippen LogP contribution in [0.5, 0.6) is 0 Å². The van der Waals surface area contributed by atoms with E-state index in [1.165, 1.54) is 18.4 Å². The van der Waals surface area contributed by atoms with Gasteiger partial charge in [-0.15, -0.1) is 0 Å². The van der Waals surface area contributed by atoms with E-state index in [2.05, 4.69) is 46.6 Å². The number of piperidine rings is 1. The van der Waals surface area contributed by atoms with Crippen molar-refractivity contribution in [2.45, 2.75) is 58.2 Å². The van der Waals surface area contributed by atoms with E-state index in [0.29, 0.717) is 12.0 Å². The van der Waals surface area contributed by atoms with Gasteiger partial charge in [0.25, 0.3) is 0 Å². The lowest BCUT2D eigenvalue weighted by Gasteiger charge is -2.38. The van der Waals surface area contributed by atoms with E-state index in [1.54, 1.807) is 6.20 Å². The Bertz CT molecular complexity index is 721. The molecule has 1 aromatic carbocycles. The van der Waals surface area contributed by atoms with Crippen LogP contribution in [0.1, 0.15) is 45.6 Å². The minimum atomic E-state index is -0.167. The second kappa shape index (κ2) is 9.29. The fraction of sp³-hybridized carbons (Fsp3) is 0.450. The van der Waals surface area contributed by atoms with Crippen molar-refractivity contribution < 1.29 is 4.79 Å². The number of carbonyl (C=O) groups is 1. The van der Waals surface area contributed by atoms with Crippen LogP contribution in [-0.2, 0) is 11.2 Å². The minimum absolute atomic E-state index is 0.167. The molecule has 26 heavy (non-hydrogen) atoms. The number of amides is 1. The summed E-state index contributed by atoms with van der Waals surface area (Å²) in [5, 5.41) is 6.15. The lowest BCUT2D eigenvalue weighted by atomic mass is 9.95. The first-order valence-corrected chi connectivity index (χ1v) is 9.12. The molecule has 0 saturated carbocycles. The molecule has 6 nitrogen and oxygen atoms in total. The number of nitrogen functional groups attached to an aromatic ring is 1. The van der Waals surface area contributed by atoms with Crippen LogP contribution in [0.15, 0.2) is 36.5 Å². The van der Waals surface area contributed by atoms with Crippen molar-refractivity contribution in [1.29, 1.82) is 0 Å². The van der Waals surface area contributed by atoms with Crippen LogP contribution < -0.4 is 16.4 Å². The highest BCUT2D eigenvalue weighted by Crippen LogP contribution is 2.19. The number of nitrogens with zero attached hydrogens (tertiary/aromatic N) is 2. The smallest absolute Gasteiger partial charge is 0.220 e. The summed E-state index contributed by atoms with van der Waals surface area (Å²) in [6.07, 6.45) is 6.88. The van der Waals surface area contributed by atoms with E-state index in [1.807, 2.05) is 25.1 Å². The van der Waals surface area contributed by atoms with Gasteiger partial charge in [0, 0.05) is 17.8 Å². The molecule has 0 aliphatic carbocycles. The molecule has 0 bridgehead atoms. The van der Waals surface area contributed by atoms with Crippen molar-refractivity contribution in [2.24, 2.45) is 0 Å². The van der Waals surface area contributed by atoms with Gasteiger partial charge in [-0.05, 0) is 57.2 Å². The van der Waals surface area contributed by atoms with Crippen LogP contribution in [-0.4, -0.2) is 28.1 Å². The summed E-state index contributed by atoms with van der Waals surface area (Å²) in [5.41, 5.74) is 8.63. The van der Waals surface area contributed by atoms with E-state index < -0.39 is 0 Å². The van der Waals surface area contributed by atoms with E-state index in [0.717, 1.165) is 30.5 Å². The number of aromatic nitrogens is 2. The van der Waals surface area contributed by atoms with E-state index in [-0.39, 0.29) is 5.66 Å². The first-order chi connectivity index (χ1) is 12.5. The van der Waals surface area contributed by atoms with E-state index in [4.69, 9.17) is 5.73 Å². The first-order valence-electron chi connectivity index (χ1n) is 9.12. The number of aryl methyl sites for hydroxylation is 1. The number of carbonyl (C=O) groups excluding carboxylic acids is 1. The molecule has 3 rings (SSSR count). The summed E-state index contributed by atoms with van der Waals surface area (Å²) < 4.78 is 0. The molecule has 1 fully saturated rings. The third kappa shape index (κ3) is 5.81. The number of anilines is 1. The zero-order valence-electron chi connectivity index (χ0n) is 15.8. The Kier molecular flexibility index (Phi) is 7.09. The zero-order valence-corrected chi connectivity index (χ0v) is 15.8. The van der Waals surface area contributed by atoms with Crippen molar-refractivity contribution in [1.82, 2.24) is 20.6 Å². The number of hydrogen-bond acceptors (Lipinski definition) is 5. The fourth-order valence-electron chi connectivity index (χ4n) is 3.18. The summed E-state index contributed by atoms with van der Waals surface area (Å²) >= 11 is 0. The predicted molar refractivity (Wildman–Crippen MR) is 105 cm³/mol. The summed E-state index contributed by atoms with van der Waals surface area (Å²) in [6, 6.07) is 10.7. The van der Waals surface area contributed by atoms with Crippen molar-refractivity contribution in [3.63, 3.8) is 0 Å². The molecule has 4 N–H and O–H groups in total. The number of rotatable bonds is 4. The highest BCUT2D eigenvalue weighted by atomic mass is 16.1.